The lowest BCUT2D eigenvalue weighted by Gasteiger charge is -2.35. The van der Waals surface area contributed by atoms with E-state index in [2.05, 4.69) is 4.74 Å². The second kappa shape index (κ2) is 8.07. The van der Waals surface area contributed by atoms with Gasteiger partial charge in [-0.3, -0.25) is 4.55 Å². The van der Waals surface area contributed by atoms with E-state index in [-0.39, 0.29) is 0 Å². The molecule has 1 aliphatic carbocycles. The molecule has 0 spiro atoms. The van der Waals surface area contributed by atoms with Gasteiger partial charge in [0.2, 0.25) is 0 Å². The largest absolute Gasteiger partial charge is 0.491 e. The predicted octanol–water partition coefficient (Wildman–Crippen LogP) is 3.71. The van der Waals surface area contributed by atoms with Gasteiger partial charge in [-0.15, -0.1) is 0 Å². The number of aryl methyl sites for hydroxylation is 1. The van der Waals surface area contributed by atoms with Crippen molar-refractivity contribution in [2.45, 2.75) is 43.6 Å². The predicted molar refractivity (Wildman–Crippen MR) is 85.8 cm³/mol. The van der Waals surface area contributed by atoms with Gasteiger partial charge in [0.1, 0.15) is 18.1 Å². The van der Waals surface area contributed by atoms with Gasteiger partial charge in [-0.1, -0.05) is 12.1 Å². The average Bonchev–Trinajstić information content (AvgIpc) is 2.54. The van der Waals surface area contributed by atoms with Crippen molar-refractivity contribution < 1.29 is 48.8 Å². The number of benzene rings is 1. The van der Waals surface area contributed by atoms with Crippen molar-refractivity contribution in [1.29, 1.82) is 0 Å². The van der Waals surface area contributed by atoms with Crippen molar-refractivity contribution in [2.75, 3.05) is 19.0 Å². The quantitative estimate of drug-likeness (QED) is 0.401. The van der Waals surface area contributed by atoms with Crippen LogP contribution >= 0.6 is 0 Å². The minimum absolute atomic E-state index is 0.334. The summed E-state index contributed by atoms with van der Waals surface area (Å²) >= 11 is 0. The van der Waals surface area contributed by atoms with E-state index in [9.17, 15) is 34.8 Å². The van der Waals surface area contributed by atoms with Gasteiger partial charge >= 0.3 is 12.4 Å². The molecular formula is C16H18F6O5S. The number of fused-ring (bicyclic) bond motifs is 1. The Labute approximate surface area is 157 Å². The molecule has 0 unspecified atom stereocenters. The van der Waals surface area contributed by atoms with E-state index >= 15 is 0 Å². The molecule has 1 aliphatic rings. The average molecular weight is 436 g/mol. The molecule has 0 amide bonds. The molecule has 0 bridgehead atoms. The maximum atomic E-state index is 13.1. The van der Waals surface area contributed by atoms with Gasteiger partial charge in [0.05, 0.1) is 6.61 Å². The van der Waals surface area contributed by atoms with Gasteiger partial charge in [0, 0.05) is 0 Å². The smallest absolute Gasteiger partial charge is 0.427 e. The normalized spacial score (nSPS) is 16.0. The fraction of sp³-hybridized carbons (Fsp3) is 0.625. The van der Waals surface area contributed by atoms with E-state index in [1.807, 2.05) is 6.07 Å². The molecule has 28 heavy (non-hydrogen) atoms. The van der Waals surface area contributed by atoms with Crippen LogP contribution in [-0.2, 0) is 27.7 Å². The molecule has 2 rings (SSSR count). The molecule has 0 saturated heterocycles. The highest BCUT2D eigenvalue weighted by Crippen LogP contribution is 2.46. The summed E-state index contributed by atoms with van der Waals surface area (Å²) in [6.07, 6.45) is -8.95. The van der Waals surface area contributed by atoms with Crippen LogP contribution in [-0.4, -0.2) is 49.9 Å². The fourth-order valence-electron chi connectivity index (χ4n) is 3.04. The van der Waals surface area contributed by atoms with Gasteiger partial charge in [0.25, 0.3) is 15.7 Å². The first-order chi connectivity index (χ1) is 12.8. The van der Waals surface area contributed by atoms with Crippen LogP contribution in [0.2, 0.25) is 0 Å². The lowest BCUT2D eigenvalue weighted by Crippen LogP contribution is -2.63. The highest BCUT2D eigenvalue weighted by Gasteiger charge is 2.74. The highest BCUT2D eigenvalue weighted by atomic mass is 32.2. The maximum absolute atomic E-state index is 13.1. The standard InChI is InChI=1S/C16H18F6O5S/c17-15(18,19)14(16(20,21)22,10-28(23,24)25)27-9-8-26-13-7-3-5-11-4-1-2-6-12(11)13/h3,5,7H,1-2,4,6,8-10H2,(H,23,24,25). The third-order valence-corrected chi connectivity index (χ3v) is 5.12. The SMILES string of the molecule is O=S(=O)(O)CC(OCCOc1cccc2c1CCCC2)(C(F)(F)F)C(F)(F)F. The summed E-state index contributed by atoms with van der Waals surface area (Å²) in [5, 5.41) is 0. The molecule has 0 heterocycles. The Bertz CT molecular complexity index is 774. The second-order valence-corrected chi connectivity index (χ2v) is 7.80. The van der Waals surface area contributed by atoms with Crippen LogP contribution < -0.4 is 4.74 Å². The Hall–Kier alpha value is -1.53. The number of ether oxygens (including phenoxy) is 2. The van der Waals surface area contributed by atoms with Crippen LogP contribution in [0.3, 0.4) is 0 Å². The van der Waals surface area contributed by atoms with E-state index in [0.29, 0.717) is 12.2 Å². The van der Waals surface area contributed by atoms with E-state index in [0.717, 1.165) is 30.4 Å². The Morgan fingerprint density at radius 3 is 2.14 bits per heavy atom. The van der Waals surface area contributed by atoms with Crippen LogP contribution in [0, 0.1) is 0 Å². The van der Waals surface area contributed by atoms with Gasteiger partial charge in [-0.2, -0.15) is 34.8 Å². The third-order valence-electron chi connectivity index (χ3n) is 4.34. The molecule has 0 radical (unpaired) electrons. The van der Waals surface area contributed by atoms with Crippen LogP contribution in [0.25, 0.3) is 0 Å². The molecule has 0 aromatic heterocycles. The van der Waals surface area contributed by atoms with Gasteiger partial charge in [-0.25, -0.2) is 0 Å². The van der Waals surface area contributed by atoms with Crippen molar-refractivity contribution in [2.24, 2.45) is 0 Å². The van der Waals surface area contributed by atoms with Crippen molar-refractivity contribution in [3.05, 3.63) is 29.3 Å². The third kappa shape index (κ3) is 5.09. The molecule has 0 atom stereocenters. The van der Waals surface area contributed by atoms with E-state index in [1.54, 1.807) is 12.1 Å². The zero-order valence-electron chi connectivity index (χ0n) is 14.4. The van der Waals surface area contributed by atoms with E-state index in [4.69, 9.17) is 9.29 Å². The molecule has 160 valence electrons. The molecule has 1 N–H and O–H groups in total. The molecule has 1 aromatic carbocycles. The monoisotopic (exact) mass is 436 g/mol. The molecule has 0 aliphatic heterocycles. The summed E-state index contributed by atoms with van der Waals surface area (Å²) < 4.78 is 118. The lowest BCUT2D eigenvalue weighted by atomic mass is 9.91. The zero-order chi connectivity index (χ0) is 21.2. The Balaban J connectivity index is 2.14. The van der Waals surface area contributed by atoms with Gasteiger partial charge < -0.3 is 9.47 Å². The zero-order valence-corrected chi connectivity index (χ0v) is 15.3. The topological polar surface area (TPSA) is 72.8 Å². The minimum atomic E-state index is -6.13. The van der Waals surface area contributed by atoms with Crippen molar-refractivity contribution in [1.82, 2.24) is 0 Å². The first-order valence-electron chi connectivity index (χ1n) is 8.23. The fourth-order valence-corrected chi connectivity index (χ4v) is 3.96. The number of hydrogen-bond acceptors (Lipinski definition) is 4. The van der Waals surface area contributed by atoms with Crippen LogP contribution in [0.15, 0.2) is 18.2 Å². The van der Waals surface area contributed by atoms with Crippen LogP contribution in [0.5, 0.6) is 5.75 Å². The Morgan fingerprint density at radius 1 is 0.964 bits per heavy atom. The molecule has 5 nitrogen and oxygen atoms in total. The summed E-state index contributed by atoms with van der Waals surface area (Å²) in [5.41, 5.74) is -3.23. The Kier molecular flexibility index (Phi) is 6.56. The van der Waals surface area contributed by atoms with E-state index in [1.165, 1.54) is 0 Å². The van der Waals surface area contributed by atoms with Gasteiger partial charge in [0.15, 0.2) is 0 Å². The lowest BCUT2D eigenvalue weighted by molar-refractivity contribution is -0.372. The van der Waals surface area contributed by atoms with Crippen molar-refractivity contribution in [3.63, 3.8) is 0 Å². The van der Waals surface area contributed by atoms with Crippen LogP contribution in [0.4, 0.5) is 26.3 Å². The number of rotatable bonds is 7. The molecule has 12 heteroatoms. The molecular weight excluding hydrogens is 418 g/mol. The molecule has 1 aromatic rings. The van der Waals surface area contributed by atoms with Crippen molar-refractivity contribution >= 4 is 10.1 Å². The summed E-state index contributed by atoms with van der Waals surface area (Å²) in [4.78, 5) is 0. The first kappa shape index (κ1) is 22.8. The minimum Gasteiger partial charge on any atom is -0.491 e. The number of hydrogen-bond donors (Lipinski definition) is 1. The first-order valence-corrected chi connectivity index (χ1v) is 9.84. The maximum Gasteiger partial charge on any atom is 0.427 e. The summed E-state index contributed by atoms with van der Waals surface area (Å²) in [6.45, 7) is -1.87. The summed E-state index contributed by atoms with van der Waals surface area (Å²) in [6, 6.07) is 5.07. The summed E-state index contributed by atoms with van der Waals surface area (Å²) in [5.74, 6) is -2.37. The van der Waals surface area contributed by atoms with E-state index < -0.39 is 47.0 Å². The molecule has 0 fully saturated rings. The number of halogens is 6. The van der Waals surface area contributed by atoms with Gasteiger partial charge in [-0.05, 0) is 42.9 Å². The Morgan fingerprint density at radius 2 is 1.57 bits per heavy atom. The highest BCUT2D eigenvalue weighted by molar-refractivity contribution is 7.85. The van der Waals surface area contributed by atoms with Crippen molar-refractivity contribution in [3.8, 4) is 5.75 Å². The summed E-state index contributed by atoms with van der Waals surface area (Å²) in [7, 11) is -5.66. The second-order valence-electron chi connectivity index (χ2n) is 6.35. The number of alkyl halides is 6. The molecule has 0 saturated carbocycles. The van der Waals surface area contributed by atoms with Crippen LogP contribution in [0.1, 0.15) is 24.0 Å².